The van der Waals surface area contributed by atoms with Gasteiger partial charge in [-0.25, -0.2) is 0 Å². The molecule has 0 bridgehead atoms. The number of nitriles is 1. The van der Waals surface area contributed by atoms with Crippen LogP contribution < -0.4 is 10.5 Å². The molecule has 0 spiro atoms. The molecule has 0 aliphatic rings. The SMILES string of the molecule is COc1ccc(C)c(C#N)c1CN. The highest BCUT2D eigenvalue weighted by Gasteiger charge is 2.09. The summed E-state index contributed by atoms with van der Waals surface area (Å²) in [6, 6.07) is 5.82. The van der Waals surface area contributed by atoms with Crippen LogP contribution in [0.1, 0.15) is 16.7 Å². The Kier molecular flexibility index (Phi) is 2.88. The fourth-order valence-electron chi connectivity index (χ4n) is 1.30. The van der Waals surface area contributed by atoms with Crippen molar-refractivity contribution in [3.8, 4) is 11.8 Å². The Labute approximate surface area is 77.7 Å². The largest absolute Gasteiger partial charge is 0.496 e. The number of nitrogens with zero attached hydrogens (tertiary/aromatic N) is 1. The third kappa shape index (κ3) is 1.63. The van der Waals surface area contributed by atoms with Gasteiger partial charge in [-0.3, -0.25) is 0 Å². The molecule has 0 amide bonds. The van der Waals surface area contributed by atoms with Gasteiger partial charge in [0.25, 0.3) is 0 Å². The highest BCUT2D eigenvalue weighted by Crippen LogP contribution is 2.23. The Morgan fingerprint density at radius 3 is 2.69 bits per heavy atom. The number of nitrogens with two attached hydrogens (primary N) is 1. The van der Waals surface area contributed by atoms with Gasteiger partial charge in [-0.1, -0.05) is 6.07 Å². The van der Waals surface area contributed by atoms with E-state index in [1.807, 2.05) is 19.1 Å². The average Bonchev–Trinajstić information content (AvgIpc) is 2.17. The summed E-state index contributed by atoms with van der Waals surface area (Å²) in [7, 11) is 1.57. The second kappa shape index (κ2) is 3.92. The lowest BCUT2D eigenvalue weighted by atomic mass is 10.0. The van der Waals surface area contributed by atoms with Crippen LogP contribution in [0.5, 0.6) is 5.75 Å². The number of ether oxygens (including phenoxy) is 1. The fraction of sp³-hybridized carbons (Fsp3) is 0.300. The second-order valence-corrected chi connectivity index (χ2v) is 2.75. The Balaban J connectivity index is 3.38. The molecule has 0 radical (unpaired) electrons. The summed E-state index contributed by atoms with van der Waals surface area (Å²) >= 11 is 0. The zero-order chi connectivity index (χ0) is 9.84. The third-order valence-electron chi connectivity index (χ3n) is 2.01. The predicted octanol–water partition coefficient (Wildman–Crippen LogP) is 1.33. The van der Waals surface area contributed by atoms with Gasteiger partial charge in [-0.05, 0) is 18.6 Å². The Morgan fingerprint density at radius 1 is 1.54 bits per heavy atom. The van der Waals surface area contributed by atoms with Crippen LogP contribution in [0.2, 0.25) is 0 Å². The van der Waals surface area contributed by atoms with Crippen molar-refractivity contribution in [2.75, 3.05) is 7.11 Å². The molecule has 0 aliphatic carbocycles. The van der Waals surface area contributed by atoms with Gasteiger partial charge in [0.1, 0.15) is 5.75 Å². The van der Waals surface area contributed by atoms with Crippen molar-refractivity contribution in [2.45, 2.75) is 13.5 Å². The molecule has 0 saturated heterocycles. The van der Waals surface area contributed by atoms with E-state index >= 15 is 0 Å². The van der Waals surface area contributed by atoms with Crippen molar-refractivity contribution < 1.29 is 4.74 Å². The zero-order valence-corrected chi connectivity index (χ0v) is 7.79. The second-order valence-electron chi connectivity index (χ2n) is 2.75. The first-order chi connectivity index (χ1) is 6.24. The highest BCUT2D eigenvalue weighted by atomic mass is 16.5. The van der Waals surface area contributed by atoms with Crippen molar-refractivity contribution in [1.82, 2.24) is 0 Å². The summed E-state index contributed by atoms with van der Waals surface area (Å²) in [6.45, 7) is 2.21. The molecule has 0 heterocycles. The van der Waals surface area contributed by atoms with Gasteiger partial charge in [0.05, 0.1) is 18.7 Å². The number of methoxy groups -OCH3 is 1. The van der Waals surface area contributed by atoms with E-state index in [0.29, 0.717) is 17.9 Å². The summed E-state index contributed by atoms with van der Waals surface area (Å²) in [4.78, 5) is 0. The van der Waals surface area contributed by atoms with Crippen molar-refractivity contribution >= 4 is 0 Å². The van der Waals surface area contributed by atoms with Crippen molar-refractivity contribution in [3.63, 3.8) is 0 Å². The van der Waals surface area contributed by atoms with Gasteiger partial charge in [0, 0.05) is 12.1 Å². The minimum atomic E-state index is 0.327. The van der Waals surface area contributed by atoms with Crippen LogP contribution in [-0.4, -0.2) is 7.11 Å². The molecule has 13 heavy (non-hydrogen) atoms. The maximum Gasteiger partial charge on any atom is 0.124 e. The van der Waals surface area contributed by atoms with E-state index in [9.17, 15) is 0 Å². The summed E-state index contributed by atoms with van der Waals surface area (Å²) in [5.41, 5.74) is 7.88. The molecule has 1 aromatic carbocycles. The number of benzene rings is 1. The van der Waals surface area contributed by atoms with Crippen LogP contribution in [0.15, 0.2) is 12.1 Å². The molecule has 1 aromatic rings. The third-order valence-corrected chi connectivity index (χ3v) is 2.01. The molecule has 0 aromatic heterocycles. The van der Waals surface area contributed by atoms with Gasteiger partial charge >= 0.3 is 0 Å². The van der Waals surface area contributed by atoms with E-state index in [4.69, 9.17) is 15.7 Å². The first kappa shape index (κ1) is 9.56. The molecule has 68 valence electrons. The quantitative estimate of drug-likeness (QED) is 0.739. The number of hydrogen-bond acceptors (Lipinski definition) is 3. The topological polar surface area (TPSA) is 59.0 Å². The number of rotatable bonds is 2. The van der Waals surface area contributed by atoms with E-state index in [1.165, 1.54) is 0 Å². The first-order valence-corrected chi connectivity index (χ1v) is 4.01. The van der Waals surface area contributed by atoms with Crippen molar-refractivity contribution in [3.05, 3.63) is 28.8 Å². The summed E-state index contributed by atoms with van der Waals surface area (Å²) in [6.07, 6.45) is 0. The molecule has 1 rings (SSSR count). The molecule has 0 aliphatic heterocycles. The lowest BCUT2D eigenvalue weighted by Gasteiger charge is -2.09. The summed E-state index contributed by atoms with van der Waals surface area (Å²) < 4.78 is 5.10. The highest BCUT2D eigenvalue weighted by molar-refractivity contribution is 5.51. The van der Waals surface area contributed by atoms with Crippen LogP contribution in [-0.2, 0) is 6.54 Å². The van der Waals surface area contributed by atoms with E-state index < -0.39 is 0 Å². The van der Waals surface area contributed by atoms with Crippen LogP contribution in [0.4, 0.5) is 0 Å². The molecule has 0 unspecified atom stereocenters. The zero-order valence-electron chi connectivity index (χ0n) is 7.79. The lowest BCUT2D eigenvalue weighted by molar-refractivity contribution is 0.409. The van der Waals surface area contributed by atoms with Gasteiger partial charge in [0.2, 0.25) is 0 Å². The maximum absolute atomic E-state index is 8.89. The molecule has 0 fully saturated rings. The molecular formula is C10H12N2O. The minimum absolute atomic E-state index is 0.327. The van der Waals surface area contributed by atoms with E-state index in [0.717, 1.165) is 11.1 Å². The standard InChI is InChI=1S/C10H12N2O/c1-7-3-4-10(13-2)9(6-12)8(7)5-11/h3-4H,6,12H2,1-2H3. The first-order valence-electron chi connectivity index (χ1n) is 4.01. The Morgan fingerprint density at radius 2 is 2.23 bits per heavy atom. The Hall–Kier alpha value is -1.53. The van der Waals surface area contributed by atoms with Crippen molar-refractivity contribution in [2.24, 2.45) is 5.73 Å². The van der Waals surface area contributed by atoms with E-state index in [2.05, 4.69) is 6.07 Å². The molecule has 3 nitrogen and oxygen atoms in total. The number of hydrogen-bond donors (Lipinski definition) is 1. The van der Waals surface area contributed by atoms with E-state index in [1.54, 1.807) is 7.11 Å². The number of aryl methyl sites for hydroxylation is 1. The minimum Gasteiger partial charge on any atom is -0.496 e. The summed E-state index contributed by atoms with van der Waals surface area (Å²) in [5.74, 6) is 0.685. The molecular weight excluding hydrogens is 164 g/mol. The van der Waals surface area contributed by atoms with Crippen LogP contribution in [0, 0.1) is 18.3 Å². The molecule has 0 saturated carbocycles. The molecule has 0 atom stereocenters. The van der Waals surface area contributed by atoms with Gasteiger partial charge in [-0.2, -0.15) is 5.26 Å². The predicted molar refractivity (Wildman–Crippen MR) is 50.3 cm³/mol. The van der Waals surface area contributed by atoms with Crippen molar-refractivity contribution in [1.29, 1.82) is 5.26 Å². The van der Waals surface area contributed by atoms with Gasteiger partial charge < -0.3 is 10.5 Å². The average molecular weight is 176 g/mol. The van der Waals surface area contributed by atoms with Gasteiger partial charge in [-0.15, -0.1) is 0 Å². The fourth-order valence-corrected chi connectivity index (χ4v) is 1.30. The molecule has 3 heteroatoms. The van der Waals surface area contributed by atoms with Crippen LogP contribution >= 0.6 is 0 Å². The Bertz CT molecular complexity index is 353. The maximum atomic E-state index is 8.89. The summed E-state index contributed by atoms with van der Waals surface area (Å²) in [5, 5.41) is 8.89. The molecule has 2 N–H and O–H groups in total. The van der Waals surface area contributed by atoms with Crippen LogP contribution in [0.3, 0.4) is 0 Å². The van der Waals surface area contributed by atoms with Crippen LogP contribution in [0.25, 0.3) is 0 Å². The smallest absolute Gasteiger partial charge is 0.124 e. The normalized spacial score (nSPS) is 9.38. The van der Waals surface area contributed by atoms with E-state index in [-0.39, 0.29) is 0 Å². The lowest BCUT2D eigenvalue weighted by Crippen LogP contribution is -2.04. The monoisotopic (exact) mass is 176 g/mol. The van der Waals surface area contributed by atoms with Gasteiger partial charge in [0.15, 0.2) is 0 Å².